The van der Waals surface area contributed by atoms with Gasteiger partial charge in [-0.15, -0.1) is 0 Å². The number of carbonyl (C=O) groups is 1. The van der Waals surface area contributed by atoms with Crippen molar-refractivity contribution >= 4 is 33.8 Å². The highest BCUT2D eigenvalue weighted by atomic mass is 79.9. The Kier molecular flexibility index (Phi) is 2.57. The molecule has 0 aliphatic carbocycles. The molecular weight excluding hydrogens is 236 g/mol. The number of pyridine rings is 1. The molecule has 2 nitrogen and oxygen atoms in total. The summed E-state index contributed by atoms with van der Waals surface area (Å²) in [7, 11) is 0. The Bertz CT molecular complexity index is 305. The first-order valence-corrected chi connectivity index (χ1v) is 3.79. The van der Waals surface area contributed by atoms with E-state index in [0.29, 0.717) is 10.8 Å². The number of hydrogen-bond acceptors (Lipinski definition) is 2. The maximum absolute atomic E-state index is 12.6. The third kappa shape index (κ3) is 1.75. The van der Waals surface area contributed by atoms with E-state index in [0.717, 1.165) is 6.07 Å². The molecule has 0 saturated heterocycles. The number of hydrogen-bond donors (Lipinski definition) is 0. The summed E-state index contributed by atoms with van der Waals surface area (Å²) >= 11 is 8.44. The molecule has 0 aliphatic rings. The summed E-state index contributed by atoms with van der Waals surface area (Å²) in [6.07, 6.45) is 0.313. The van der Waals surface area contributed by atoms with E-state index in [-0.39, 0.29) is 10.8 Å². The van der Waals surface area contributed by atoms with Gasteiger partial charge in [0, 0.05) is 0 Å². The predicted molar refractivity (Wildman–Crippen MR) is 42.3 cm³/mol. The number of carbonyl (C=O) groups excluding carboxylic acids is 1. The first-order valence-electron chi connectivity index (χ1n) is 2.62. The van der Waals surface area contributed by atoms with Gasteiger partial charge in [-0.3, -0.25) is 4.79 Å². The molecule has 0 bridgehead atoms. The van der Waals surface area contributed by atoms with Gasteiger partial charge < -0.3 is 0 Å². The molecule has 0 aliphatic heterocycles. The van der Waals surface area contributed by atoms with Gasteiger partial charge in [-0.25, -0.2) is 9.37 Å². The van der Waals surface area contributed by atoms with E-state index < -0.39 is 5.82 Å². The molecule has 1 heterocycles. The third-order valence-electron chi connectivity index (χ3n) is 1.03. The quantitative estimate of drug-likeness (QED) is 0.556. The van der Waals surface area contributed by atoms with Gasteiger partial charge in [-0.1, -0.05) is 11.6 Å². The van der Waals surface area contributed by atoms with E-state index >= 15 is 0 Å². The van der Waals surface area contributed by atoms with Crippen molar-refractivity contribution in [3.63, 3.8) is 0 Å². The fraction of sp³-hybridized carbons (Fsp3) is 0. The minimum absolute atomic E-state index is 0.0773. The second-order valence-electron chi connectivity index (χ2n) is 1.75. The van der Waals surface area contributed by atoms with Gasteiger partial charge in [-0.05, 0) is 22.0 Å². The second-order valence-corrected chi connectivity index (χ2v) is 2.96. The Morgan fingerprint density at radius 3 is 2.91 bits per heavy atom. The summed E-state index contributed by atoms with van der Waals surface area (Å²) in [4.78, 5) is 13.6. The Balaban J connectivity index is 3.31. The minimum atomic E-state index is -0.684. The van der Waals surface area contributed by atoms with Gasteiger partial charge in [0.25, 0.3) is 0 Å². The lowest BCUT2D eigenvalue weighted by atomic mass is 10.4. The summed E-state index contributed by atoms with van der Waals surface area (Å²) in [5, 5.41) is 0.0773. The Morgan fingerprint density at radius 2 is 2.36 bits per heavy atom. The molecule has 0 fully saturated rings. The van der Waals surface area contributed by atoms with Crippen LogP contribution in [-0.2, 0) is 0 Å². The topological polar surface area (TPSA) is 30.0 Å². The number of halogens is 3. The zero-order chi connectivity index (χ0) is 8.43. The van der Waals surface area contributed by atoms with Crippen molar-refractivity contribution in [2.75, 3.05) is 0 Å². The van der Waals surface area contributed by atoms with Crippen LogP contribution < -0.4 is 0 Å². The molecule has 1 rings (SSSR count). The van der Waals surface area contributed by atoms with Gasteiger partial charge in [0.15, 0.2) is 12.1 Å². The molecule has 0 N–H and O–H groups in total. The molecular formula is C6H2BrClFNO. The highest BCUT2D eigenvalue weighted by Crippen LogP contribution is 2.21. The fourth-order valence-electron chi connectivity index (χ4n) is 0.540. The van der Waals surface area contributed by atoms with Gasteiger partial charge in [0.1, 0.15) is 10.8 Å². The van der Waals surface area contributed by atoms with Crippen LogP contribution in [0.25, 0.3) is 0 Å². The lowest BCUT2D eigenvalue weighted by Gasteiger charge is -1.96. The van der Waals surface area contributed by atoms with Crippen molar-refractivity contribution in [1.29, 1.82) is 0 Å². The summed E-state index contributed by atoms with van der Waals surface area (Å²) < 4.78 is 13.0. The SMILES string of the molecule is O=Cc1nc(Cl)c(Br)cc1F. The van der Waals surface area contributed by atoms with Crippen LogP contribution in [-0.4, -0.2) is 11.3 Å². The van der Waals surface area contributed by atoms with Crippen LogP contribution in [0.1, 0.15) is 10.5 Å². The molecule has 0 amide bonds. The molecule has 5 heteroatoms. The van der Waals surface area contributed by atoms with Gasteiger partial charge >= 0.3 is 0 Å². The van der Waals surface area contributed by atoms with Crippen molar-refractivity contribution in [3.8, 4) is 0 Å². The number of aldehydes is 1. The monoisotopic (exact) mass is 237 g/mol. The lowest BCUT2D eigenvalue weighted by molar-refractivity contribution is 0.111. The number of aromatic nitrogens is 1. The van der Waals surface area contributed by atoms with Gasteiger partial charge in [-0.2, -0.15) is 0 Å². The van der Waals surface area contributed by atoms with Crippen molar-refractivity contribution in [3.05, 3.63) is 27.2 Å². The van der Waals surface area contributed by atoms with Gasteiger partial charge in [0.2, 0.25) is 0 Å². The van der Waals surface area contributed by atoms with Crippen LogP contribution in [0.5, 0.6) is 0 Å². The normalized spacial score (nSPS) is 9.73. The molecule has 0 radical (unpaired) electrons. The summed E-state index contributed by atoms with van der Waals surface area (Å²) in [6, 6.07) is 1.10. The molecule has 1 aromatic rings. The maximum Gasteiger partial charge on any atom is 0.171 e. The second kappa shape index (κ2) is 3.28. The maximum atomic E-state index is 12.6. The van der Waals surface area contributed by atoms with E-state index in [9.17, 15) is 9.18 Å². The first kappa shape index (κ1) is 8.62. The highest BCUT2D eigenvalue weighted by Gasteiger charge is 2.06. The smallest absolute Gasteiger partial charge is 0.171 e. The zero-order valence-electron chi connectivity index (χ0n) is 5.14. The summed E-state index contributed by atoms with van der Waals surface area (Å²) in [5.41, 5.74) is -0.279. The summed E-state index contributed by atoms with van der Waals surface area (Å²) in [6.45, 7) is 0. The molecule has 0 atom stereocenters. The average molecular weight is 238 g/mol. The molecule has 0 saturated carbocycles. The molecule has 0 unspecified atom stereocenters. The van der Waals surface area contributed by atoms with Crippen molar-refractivity contribution in [1.82, 2.24) is 4.98 Å². The predicted octanol–water partition coefficient (Wildman–Crippen LogP) is 2.45. The molecule has 58 valence electrons. The van der Waals surface area contributed by atoms with Crippen molar-refractivity contribution in [2.24, 2.45) is 0 Å². The Hall–Kier alpha value is -0.480. The van der Waals surface area contributed by atoms with Crippen LogP contribution >= 0.6 is 27.5 Å². The number of rotatable bonds is 1. The summed E-state index contributed by atoms with van der Waals surface area (Å²) in [5.74, 6) is -0.684. The zero-order valence-corrected chi connectivity index (χ0v) is 7.49. The first-order chi connectivity index (χ1) is 5.15. The largest absolute Gasteiger partial charge is 0.296 e. The van der Waals surface area contributed by atoms with Crippen LogP contribution in [0, 0.1) is 5.82 Å². The molecule has 0 aromatic carbocycles. The van der Waals surface area contributed by atoms with E-state index in [1.807, 2.05) is 0 Å². The van der Waals surface area contributed by atoms with Gasteiger partial charge in [0.05, 0.1) is 4.47 Å². The Labute approximate surface area is 75.5 Å². The van der Waals surface area contributed by atoms with E-state index in [2.05, 4.69) is 20.9 Å². The van der Waals surface area contributed by atoms with Crippen LogP contribution in [0.4, 0.5) is 4.39 Å². The fourth-order valence-corrected chi connectivity index (χ4v) is 0.975. The van der Waals surface area contributed by atoms with E-state index in [4.69, 9.17) is 11.6 Å². The van der Waals surface area contributed by atoms with Crippen molar-refractivity contribution in [2.45, 2.75) is 0 Å². The molecule has 11 heavy (non-hydrogen) atoms. The van der Waals surface area contributed by atoms with Crippen LogP contribution in [0.3, 0.4) is 0 Å². The highest BCUT2D eigenvalue weighted by molar-refractivity contribution is 9.10. The molecule has 0 spiro atoms. The third-order valence-corrected chi connectivity index (χ3v) is 2.15. The van der Waals surface area contributed by atoms with E-state index in [1.54, 1.807) is 0 Å². The van der Waals surface area contributed by atoms with E-state index in [1.165, 1.54) is 0 Å². The lowest BCUT2D eigenvalue weighted by Crippen LogP contribution is -1.93. The van der Waals surface area contributed by atoms with Crippen LogP contribution in [0.2, 0.25) is 5.15 Å². The number of nitrogens with zero attached hydrogens (tertiary/aromatic N) is 1. The average Bonchev–Trinajstić information content (AvgIpc) is 1.97. The standard InChI is InChI=1S/C6H2BrClFNO/c7-3-1-4(9)5(2-11)10-6(3)8/h1-2H. The Morgan fingerprint density at radius 1 is 1.73 bits per heavy atom. The minimum Gasteiger partial charge on any atom is -0.296 e. The van der Waals surface area contributed by atoms with Crippen LogP contribution in [0.15, 0.2) is 10.5 Å². The van der Waals surface area contributed by atoms with Crippen molar-refractivity contribution < 1.29 is 9.18 Å². The molecule has 1 aromatic heterocycles.